The lowest BCUT2D eigenvalue weighted by Crippen LogP contribution is -1.99. The highest BCUT2D eigenvalue weighted by Crippen LogP contribution is 2.16. The van der Waals surface area contributed by atoms with E-state index >= 15 is 0 Å². The molecule has 0 aliphatic heterocycles. The molecule has 0 amide bonds. The van der Waals surface area contributed by atoms with Crippen LogP contribution in [0.15, 0.2) is 24.3 Å². The average molecular weight is 239 g/mol. The van der Waals surface area contributed by atoms with Crippen molar-refractivity contribution < 1.29 is 4.74 Å². The van der Waals surface area contributed by atoms with E-state index in [4.69, 9.17) is 22.1 Å². The summed E-state index contributed by atoms with van der Waals surface area (Å²) in [5, 5.41) is 4.75. The van der Waals surface area contributed by atoms with Gasteiger partial charge in [-0.1, -0.05) is 11.6 Å². The molecule has 0 fully saturated rings. The summed E-state index contributed by atoms with van der Waals surface area (Å²) in [7, 11) is 1.73. The van der Waals surface area contributed by atoms with Gasteiger partial charge in [0.25, 0.3) is 0 Å². The van der Waals surface area contributed by atoms with Crippen molar-refractivity contribution in [3.63, 3.8) is 0 Å². The van der Waals surface area contributed by atoms with Crippen LogP contribution < -0.4 is 10.5 Å². The number of hydrogen-bond donors (Lipinski definition) is 1. The van der Waals surface area contributed by atoms with Gasteiger partial charge in [0.15, 0.2) is 5.82 Å². The fraction of sp³-hybridized carbons (Fsp3) is 0.200. The van der Waals surface area contributed by atoms with Crippen LogP contribution in [0, 0.1) is 0 Å². The van der Waals surface area contributed by atoms with Gasteiger partial charge in [-0.25, -0.2) is 4.68 Å². The molecule has 0 bridgehead atoms. The molecule has 84 valence electrons. The maximum absolute atomic E-state index is 5.75. The van der Waals surface area contributed by atoms with Gasteiger partial charge in [-0.05, 0) is 24.3 Å². The van der Waals surface area contributed by atoms with E-state index in [0.29, 0.717) is 16.8 Å². The quantitative estimate of drug-likeness (QED) is 0.883. The number of aryl methyl sites for hydroxylation is 1. The third-order valence-corrected chi connectivity index (χ3v) is 2.27. The van der Waals surface area contributed by atoms with Gasteiger partial charge in [-0.15, -0.1) is 0 Å². The summed E-state index contributed by atoms with van der Waals surface area (Å²) in [4.78, 5) is 4.02. The van der Waals surface area contributed by atoms with Crippen molar-refractivity contribution in [2.75, 3.05) is 5.73 Å². The second-order valence-electron chi connectivity index (χ2n) is 3.25. The van der Waals surface area contributed by atoms with Crippen LogP contribution in [0.25, 0.3) is 0 Å². The number of aromatic nitrogens is 3. The molecule has 0 spiro atoms. The van der Waals surface area contributed by atoms with Crippen molar-refractivity contribution in [1.82, 2.24) is 14.8 Å². The molecule has 2 aromatic rings. The molecule has 0 radical (unpaired) electrons. The van der Waals surface area contributed by atoms with E-state index in [0.717, 1.165) is 5.75 Å². The highest BCUT2D eigenvalue weighted by molar-refractivity contribution is 6.30. The van der Waals surface area contributed by atoms with Gasteiger partial charge in [0.1, 0.15) is 12.4 Å². The lowest BCUT2D eigenvalue weighted by atomic mass is 10.3. The standard InChI is InChI=1S/C10H11ClN4O/c1-15-10(12)13-9(14-15)6-16-8-4-2-7(11)3-5-8/h2-5H,6H2,1H3,(H2,12,13,14). The summed E-state index contributed by atoms with van der Waals surface area (Å²) in [5.41, 5.74) is 5.55. The molecular formula is C10H11ClN4O. The molecule has 1 aromatic heterocycles. The van der Waals surface area contributed by atoms with E-state index in [9.17, 15) is 0 Å². The van der Waals surface area contributed by atoms with Crippen LogP contribution in [-0.2, 0) is 13.7 Å². The van der Waals surface area contributed by atoms with Gasteiger partial charge in [-0.2, -0.15) is 10.1 Å². The summed E-state index contributed by atoms with van der Waals surface area (Å²) in [6, 6.07) is 7.09. The summed E-state index contributed by atoms with van der Waals surface area (Å²) in [6.45, 7) is 0.284. The topological polar surface area (TPSA) is 66.0 Å². The van der Waals surface area contributed by atoms with Crippen molar-refractivity contribution in [2.24, 2.45) is 7.05 Å². The van der Waals surface area contributed by atoms with Gasteiger partial charge in [0.2, 0.25) is 5.95 Å². The molecule has 5 nitrogen and oxygen atoms in total. The molecule has 0 unspecified atom stereocenters. The predicted octanol–water partition coefficient (Wildman–Crippen LogP) is 1.63. The molecule has 6 heteroatoms. The van der Waals surface area contributed by atoms with E-state index in [1.165, 1.54) is 4.68 Å². The lowest BCUT2D eigenvalue weighted by molar-refractivity contribution is 0.295. The highest BCUT2D eigenvalue weighted by Gasteiger charge is 2.04. The zero-order valence-corrected chi connectivity index (χ0v) is 9.48. The molecular weight excluding hydrogens is 228 g/mol. The van der Waals surface area contributed by atoms with Crippen LogP contribution in [-0.4, -0.2) is 14.8 Å². The Kier molecular flexibility index (Phi) is 2.96. The monoisotopic (exact) mass is 238 g/mol. The number of ether oxygens (including phenoxy) is 1. The Labute approximate surface area is 97.8 Å². The van der Waals surface area contributed by atoms with Crippen molar-refractivity contribution in [3.8, 4) is 5.75 Å². The van der Waals surface area contributed by atoms with Gasteiger partial charge in [0.05, 0.1) is 0 Å². The minimum absolute atomic E-state index is 0.284. The molecule has 1 heterocycles. The summed E-state index contributed by atoms with van der Waals surface area (Å²) >= 11 is 5.75. The van der Waals surface area contributed by atoms with E-state index in [2.05, 4.69) is 10.1 Å². The van der Waals surface area contributed by atoms with Crippen molar-refractivity contribution >= 4 is 17.5 Å². The number of rotatable bonds is 3. The Balaban J connectivity index is 1.99. The number of anilines is 1. The van der Waals surface area contributed by atoms with Gasteiger partial charge in [0, 0.05) is 12.1 Å². The summed E-state index contributed by atoms with van der Waals surface area (Å²) in [5.74, 6) is 1.64. The first-order valence-electron chi connectivity index (χ1n) is 4.69. The molecule has 0 aliphatic rings. The number of hydrogen-bond acceptors (Lipinski definition) is 4. The number of halogens is 1. The number of nitrogens with zero attached hydrogens (tertiary/aromatic N) is 3. The lowest BCUT2D eigenvalue weighted by Gasteiger charge is -2.02. The molecule has 2 N–H and O–H groups in total. The van der Waals surface area contributed by atoms with Crippen LogP contribution in [0.1, 0.15) is 5.82 Å². The number of nitrogen functional groups attached to an aromatic ring is 1. The fourth-order valence-electron chi connectivity index (χ4n) is 1.19. The Hall–Kier alpha value is -1.75. The molecule has 0 aliphatic carbocycles. The third-order valence-electron chi connectivity index (χ3n) is 2.02. The Bertz CT molecular complexity index is 461. The van der Waals surface area contributed by atoms with E-state index < -0.39 is 0 Å². The normalized spacial score (nSPS) is 10.4. The van der Waals surface area contributed by atoms with Crippen molar-refractivity contribution in [2.45, 2.75) is 6.61 Å². The number of benzene rings is 1. The third kappa shape index (κ3) is 2.43. The van der Waals surface area contributed by atoms with Crippen LogP contribution in [0.3, 0.4) is 0 Å². The van der Waals surface area contributed by atoms with Crippen LogP contribution >= 0.6 is 11.6 Å². The van der Waals surface area contributed by atoms with Crippen LogP contribution in [0.2, 0.25) is 5.02 Å². The smallest absolute Gasteiger partial charge is 0.218 e. The first-order chi connectivity index (χ1) is 7.65. The predicted molar refractivity (Wildman–Crippen MR) is 61.2 cm³/mol. The minimum Gasteiger partial charge on any atom is -0.486 e. The molecule has 0 saturated heterocycles. The van der Waals surface area contributed by atoms with Crippen molar-refractivity contribution in [1.29, 1.82) is 0 Å². The van der Waals surface area contributed by atoms with Crippen LogP contribution in [0.4, 0.5) is 5.95 Å². The Morgan fingerprint density at radius 2 is 2.06 bits per heavy atom. The number of nitrogens with two attached hydrogens (primary N) is 1. The van der Waals surface area contributed by atoms with Gasteiger partial charge < -0.3 is 10.5 Å². The Morgan fingerprint density at radius 1 is 1.38 bits per heavy atom. The minimum atomic E-state index is 0.284. The Morgan fingerprint density at radius 3 is 2.62 bits per heavy atom. The summed E-state index contributed by atoms with van der Waals surface area (Å²) in [6.07, 6.45) is 0. The zero-order valence-electron chi connectivity index (χ0n) is 8.72. The zero-order chi connectivity index (χ0) is 11.5. The summed E-state index contributed by atoms with van der Waals surface area (Å²) < 4.78 is 6.96. The van der Waals surface area contributed by atoms with Gasteiger partial charge in [-0.3, -0.25) is 0 Å². The largest absolute Gasteiger partial charge is 0.486 e. The first-order valence-corrected chi connectivity index (χ1v) is 5.06. The second-order valence-corrected chi connectivity index (χ2v) is 3.69. The second kappa shape index (κ2) is 4.40. The molecule has 2 rings (SSSR count). The van der Waals surface area contributed by atoms with Crippen LogP contribution in [0.5, 0.6) is 5.75 Å². The molecule has 1 aromatic carbocycles. The molecule has 0 saturated carbocycles. The highest BCUT2D eigenvalue weighted by atomic mass is 35.5. The maximum atomic E-state index is 5.75. The van der Waals surface area contributed by atoms with E-state index in [-0.39, 0.29) is 6.61 Å². The van der Waals surface area contributed by atoms with E-state index in [1.807, 2.05) is 0 Å². The van der Waals surface area contributed by atoms with Crippen molar-refractivity contribution in [3.05, 3.63) is 35.1 Å². The SMILES string of the molecule is Cn1nc(COc2ccc(Cl)cc2)nc1N. The maximum Gasteiger partial charge on any atom is 0.218 e. The van der Waals surface area contributed by atoms with Gasteiger partial charge >= 0.3 is 0 Å². The molecule has 0 atom stereocenters. The first kappa shape index (κ1) is 10.8. The fourth-order valence-corrected chi connectivity index (χ4v) is 1.32. The molecule has 16 heavy (non-hydrogen) atoms. The van der Waals surface area contributed by atoms with E-state index in [1.54, 1.807) is 31.3 Å². The average Bonchev–Trinajstić information content (AvgIpc) is 2.58.